The molecular formula is C28H33ClN2O6. The summed E-state index contributed by atoms with van der Waals surface area (Å²) in [6.45, 7) is 2.58. The second-order valence-corrected chi connectivity index (χ2v) is 10.7. The van der Waals surface area contributed by atoms with Gasteiger partial charge in [-0.15, -0.1) is 0 Å². The number of cyclic esters (lactones) is 1. The fourth-order valence-corrected chi connectivity index (χ4v) is 6.56. The lowest BCUT2D eigenvalue weighted by Crippen LogP contribution is -2.56. The number of hydrogen-bond donors (Lipinski definition) is 1. The van der Waals surface area contributed by atoms with Crippen LogP contribution in [0.15, 0.2) is 48.6 Å². The summed E-state index contributed by atoms with van der Waals surface area (Å²) in [7, 11) is 0. The second kappa shape index (κ2) is 10.2. The molecule has 1 aromatic carbocycles. The summed E-state index contributed by atoms with van der Waals surface area (Å²) in [6.07, 6.45) is 10.9. The molecule has 2 saturated heterocycles. The predicted octanol–water partition coefficient (Wildman–Crippen LogP) is 3.27. The van der Waals surface area contributed by atoms with Crippen LogP contribution in [-0.4, -0.2) is 71.3 Å². The maximum Gasteiger partial charge on any atom is 0.313 e. The highest BCUT2D eigenvalue weighted by Gasteiger charge is 2.74. The van der Waals surface area contributed by atoms with Crippen molar-refractivity contribution in [2.24, 2.45) is 11.8 Å². The first-order chi connectivity index (χ1) is 17.8. The first-order valence-corrected chi connectivity index (χ1v) is 13.4. The standard InChI is InChI=1S/C28H33ClN2O6/c1-27-13-6-2-3-9-18-36-26(35)22(27)21-24(33)31(15-7-8-17-32)23-25(34)30(16-10-14-28(21,23)37-27)20-12-5-4-11-19(20)29/h4-6,10-14,21-23,32H,2-3,7-9,15-18H2,1H3/b13-6-/t21-,22-,23?,27+,28-/m0/s1. The summed E-state index contributed by atoms with van der Waals surface area (Å²) in [6, 6.07) is 6.10. The molecule has 0 aromatic heterocycles. The largest absolute Gasteiger partial charge is 0.465 e. The molecule has 198 valence electrons. The maximum atomic E-state index is 14.3. The molecule has 2 amide bonds. The van der Waals surface area contributed by atoms with Gasteiger partial charge in [0.1, 0.15) is 17.6 Å². The number of fused-ring (bicyclic) bond motifs is 2. The Morgan fingerprint density at radius 3 is 2.65 bits per heavy atom. The van der Waals surface area contributed by atoms with E-state index < -0.39 is 35.0 Å². The second-order valence-electron chi connectivity index (χ2n) is 10.3. The zero-order valence-corrected chi connectivity index (χ0v) is 21.7. The van der Waals surface area contributed by atoms with E-state index >= 15 is 0 Å². The summed E-state index contributed by atoms with van der Waals surface area (Å²) >= 11 is 6.48. The van der Waals surface area contributed by atoms with Crippen LogP contribution in [0.4, 0.5) is 5.69 Å². The lowest BCUT2D eigenvalue weighted by Gasteiger charge is -2.37. The Morgan fingerprint density at radius 1 is 1.05 bits per heavy atom. The number of benzene rings is 1. The number of likely N-dealkylation sites (tertiary alicyclic amines) is 1. The quantitative estimate of drug-likeness (QED) is 0.358. The molecule has 1 unspecified atom stereocenters. The lowest BCUT2D eigenvalue weighted by molar-refractivity contribution is -0.158. The van der Waals surface area contributed by atoms with Gasteiger partial charge in [-0.1, -0.05) is 48.0 Å². The van der Waals surface area contributed by atoms with Gasteiger partial charge in [0.2, 0.25) is 5.91 Å². The number of para-hydroxylation sites is 1. The van der Waals surface area contributed by atoms with Crippen LogP contribution in [-0.2, 0) is 23.9 Å². The fraction of sp³-hybridized carbons (Fsp3) is 0.536. The first-order valence-electron chi connectivity index (χ1n) is 13.0. The van der Waals surface area contributed by atoms with Gasteiger partial charge in [-0.05, 0) is 51.2 Å². The number of esters is 1. The predicted molar refractivity (Wildman–Crippen MR) is 138 cm³/mol. The number of carbonyl (C=O) groups is 3. The molecule has 8 nitrogen and oxygen atoms in total. The van der Waals surface area contributed by atoms with Crippen LogP contribution in [0, 0.1) is 11.8 Å². The van der Waals surface area contributed by atoms with Crippen molar-refractivity contribution in [1.82, 2.24) is 4.90 Å². The number of halogens is 1. The zero-order chi connectivity index (χ0) is 26.2. The van der Waals surface area contributed by atoms with Crippen LogP contribution < -0.4 is 4.90 Å². The number of carbonyl (C=O) groups excluding carboxylic acids is 3. The van der Waals surface area contributed by atoms with Gasteiger partial charge in [0, 0.05) is 19.7 Å². The molecule has 5 rings (SSSR count). The van der Waals surface area contributed by atoms with Gasteiger partial charge in [0.15, 0.2) is 0 Å². The van der Waals surface area contributed by atoms with E-state index in [-0.39, 0.29) is 38.1 Å². The van der Waals surface area contributed by atoms with E-state index in [1.54, 1.807) is 36.1 Å². The van der Waals surface area contributed by atoms with Crippen LogP contribution in [0.5, 0.6) is 0 Å². The molecule has 1 N–H and O–H groups in total. The van der Waals surface area contributed by atoms with Crippen molar-refractivity contribution in [3.8, 4) is 0 Å². The van der Waals surface area contributed by atoms with E-state index in [9.17, 15) is 19.5 Å². The van der Waals surface area contributed by atoms with Gasteiger partial charge in [0.25, 0.3) is 5.91 Å². The minimum Gasteiger partial charge on any atom is -0.465 e. The normalized spacial score (nSPS) is 34.5. The topological polar surface area (TPSA) is 96.4 Å². The van der Waals surface area contributed by atoms with Crippen molar-refractivity contribution in [2.45, 2.75) is 56.3 Å². The summed E-state index contributed by atoms with van der Waals surface area (Å²) < 4.78 is 12.4. The molecule has 0 radical (unpaired) electrons. The number of amides is 2. The van der Waals surface area contributed by atoms with E-state index in [0.29, 0.717) is 23.6 Å². The van der Waals surface area contributed by atoms with Crippen molar-refractivity contribution < 1.29 is 29.0 Å². The minimum absolute atomic E-state index is 0.0187. The number of rotatable bonds is 5. The molecule has 0 saturated carbocycles. The molecule has 4 aliphatic rings. The van der Waals surface area contributed by atoms with Crippen LogP contribution in [0.1, 0.15) is 39.0 Å². The highest BCUT2D eigenvalue weighted by atomic mass is 35.5. The minimum atomic E-state index is -1.35. The zero-order valence-electron chi connectivity index (χ0n) is 21.0. The number of allylic oxidation sites excluding steroid dienone is 1. The number of unbranched alkanes of at least 4 members (excludes halogenated alkanes) is 1. The Kier molecular flexibility index (Phi) is 7.18. The average molecular weight is 529 g/mol. The lowest BCUT2D eigenvalue weighted by atomic mass is 9.74. The van der Waals surface area contributed by atoms with Crippen molar-refractivity contribution in [3.63, 3.8) is 0 Å². The van der Waals surface area contributed by atoms with Gasteiger partial charge in [0.05, 0.1) is 28.8 Å². The molecule has 1 aromatic rings. The molecule has 1 spiro atoms. The van der Waals surface area contributed by atoms with Crippen molar-refractivity contribution >= 4 is 35.1 Å². The van der Waals surface area contributed by atoms with Crippen LogP contribution in [0.25, 0.3) is 0 Å². The molecule has 4 aliphatic heterocycles. The number of nitrogens with zero attached hydrogens (tertiary/aromatic N) is 2. The number of ether oxygens (including phenoxy) is 2. The first kappa shape index (κ1) is 25.9. The van der Waals surface area contributed by atoms with Crippen LogP contribution in [0.3, 0.4) is 0 Å². The number of aliphatic hydroxyl groups is 1. The molecule has 0 aliphatic carbocycles. The molecular weight excluding hydrogens is 496 g/mol. The number of anilines is 1. The van der Waals surface area contributed by atoms with E-state index in [4.69, 9.17) is 21.1 Å². The van der Waals surface area contributed by atoms with E-state index in [0.717, 1.165) is 19.3 Å². The summed E-state index contributed by atoms with van der Waals surface area (Å²) in [5.41, 5.74) is -1.92. The third-order valence-electron chi connectivity index (χ3n) is 7.95. The van der Waals surface area contributed by atoms with Gasteiger partial charge >= 0.3 is 5.97 Å². The van der Waals surface area contributed by atoms with Crippen LogP contribution in [0.2, 0.25) is 5.02 Å². The van der Waals surface area contributed by atoms with Crippen molar-refractivity contribution in [1.29, 1.82) is 0 Å². The maximum absolute atomic E-state index is 14.3. The third-order valence-corrected chi connectivity index (χ3v) is 8.27. The highest BCUT2D eigenvalue weighted by molar-refractivity contribution is 6.34. The Labute approximate surface area is 221 Å². The van der Waals surface area contributed by atoms with Crippen molar-refractivity contribution in [3.05, 3.63) is 53.6 Å². The molecule has 2 fully saturated rings. The van der Waals surface area contributed by atoms with Crippen LogP contribution >= 0.6 is 11.6 Å². The number of aliphatic hydroxyl groups excluding tert-OH is 1. The highest BCUT2D eigenvalue weighted by Crippen LogP contribution is 2.57. The summed E-state index contributed by atoms with van der Waals surface area (Å²) in [5.74, 6) is -2.92. The Bertz CT molecular complexity index is 1140. The van der Waals surface area contributed by atoms with Crippen molar-refractivity contribution in [2.75, 3.05) is 31.2 Å². The SMILES string of the molecule is C[C@@]12/C=C\CCCCOC(=O)[C@@H]1[C@H]1C(=O)N(CCCCO)C3C(=O)N(c4ccccc4Cl)CC=C[C@@]31O2. The Hall–Kier alpha value is -2.68. The third kappa shape index (κ3) is 4.29. The average Bonchev–Trinajstić information content (AvgIpc) is 3.19. The number of hydrogen-bond acceptors (Lipinski definition) is 6. The monoisotopic (exact) mass is 528 g/mol. The molecule has 4 heterocycles. The molecule has 9 heteroatoms. The van der Waals surface area contributed by atoms with Gasteiger partial charge in [-0.25, -0.2) is 0 Å². The smallest absolute Gasteiger partial charge is 0.313 e. The molecule has 5 atom stereocenters. The Morgan fingerprint density at radius 2 is 1.86 bits per heavy atom. The van der Waals surface area contributed by atoms with E-state index in [1.165, 1.54) is 4.90 Å². The molecule has 0 bridgehead atoms. The van der Waals surface area contributed by atoms with Gasteiger partial charge in [-0.3, -0.25) is 14.4 Å². The fourth-order valence-electron chi connectivity index (χ4n) is 6.32. The van der Waals surface area contributed by atoms with Gasteiger partial charge in [-0.2, -0.15) is 0 Å². The van der Waals surface area contributed by atoms with E-state index in [2.05, 4.69) is 0 Å². The molecule has 37 heavy (non-hydrogen) atoms. The van der Waals surface area contributed by atoms with E-state index in [1.807, 2.05) is 24.3 Å². The summed E-state index contributed by atoms with van der Waals surface area (Å²) in [5, 5.41) is 9.77. The summed E-state index contributed by atoms with van der Waals surface area (Å²) in [4.78, 5) is 45.0. The van der Waals surface area contributed by atoms with Gasteiger partial charge < -0.3 is 24.4 Å². The Balaban J connectivity index is 1.63.